The molecule has 0 aliphatic rings. The van der Waals surface area contributed by atoms with Gasteiger partial charge in [-0.05, 0) is 61.0 Å². The molecule has 47 heavy (non-hydrogen) atoms. The second-order valence-electron chi connectivity index (χ2n) is 10.0. The Morgan fingerprint density at radius 2 is 1.68 bits per heavy atom. The third-order valence-corrected chi connectivity index (χ3v) is 8.42. The van der Waals surface area contributed by atoms with Crippen molar-refractivity contribution in [1.82, 2.24) is 10.3 Å². The van der Waals surface area contributed by atoms with Gasteiger partial charge in [-0.15, -0.1) is 23.1 Å². The molecule has 1 atom stereocenters. The van der Waals surface area contributed by atoms with Crippen LogP contribution in [0.4, 0.5) is 20.9 Å². The van der Waals surface area contributed by atoms with Crippen LogP contribution in [0.2, 0.25) is 0 Å². The van der Waals surface area contributed by atoms with Gasteiger partial charge < -0.3 is 16.0 Å². The smallest absolute Gasteiger partial charge is 0.272 e. The van der Waals surface area contributed by atoms with Crippen molar-refractivity contribution in [2.45, 2.75) is 17.1 Å². The van der Waals surface area contributed by atoms with Crippen molar-refractivity contribution >= 4 is 63.4 Å². The SMILES string of the molecule is CC(Sc1cccc(NC(=O)/C(=C/c2ccc(F)cc2)NC(=O)c2ccccc2)c1)C(=O)Nc1nc(-c2cccc([N+](=O)[O-])c2)cs1. The third-order valence-electron chi connectivity index (χ3n) is 6.57. The molecule has 0 aliphatic heterocycles. The standard InChI is InChI=1S/C34H26FN5O5S2/c1-21(31(41)39-34-38-30(20-46-34)24-9-5-11-27(18-24)40(44)45)47-28-12-6-10-26(19-28)36-33(43)29(17-22-13-15-25(35)16-14-22)37-32(42)23-7-3-2-4-8-23/h2-21H,1H3,(H,36,43)(H,37,42)(H,38,39,41)/b29-17-. The Balaban J connectivity index is 1.24. The van der Waals surface area contributed by atoms with Gasteiger partial charge in [0.25, 0.3) is 17.5 Å². The van der Waals surface area contributed by atoms with Crippen LogP contribution in [0.5, 0.6) is 0 Å². The Morgan fingerprint density at radius 1 is 0.936 bits per heavy atom. The number of thiazole rings is 1. The van der Waals surface area contributed by atoms with Gasteiger partial charge in [0.1, 0.15) is 11.5 Å². The van der Waals surface area contributed by atoms with E-state index in [1.807, 2.05) is 0 Å². The van der Waals surface area contributed by atoms with Crippen LogP contribution in [0.3, 0.4) is 0 Å². The van der Waals surface area contributed by atoms with E-state index in [2.05, 4.69) is 20.9 Å². The number of nitro benzene ring substituents is 1. The van der Waals surface area contributed by atoms with Crippen LogP contribution in [0.1, 0.15) is 22.8 Å². The number of hydrogen-bond acceptors (Lipinski definition) is 8. The van der Waals surface area contributed by atoms with Crippen LogP contribution in [0, 0.1) is 15.9 Å². The van der Waals surface area contributed by atoms with Gasteiger partial charge in [-0.2, -0.15) is 0 Å². The lowest BCUT2D eigenvalue weighted by molar-refractivity contribution is -0.384. The molecule has 1 unspecified atom stereocenters. The molecular weight excluding hydrogens is 642 g/mol. The summed E-state index contributed by atoms with van der Waals surface area (Å²) in [6.07, 6.45) is 1.45. The number of aromatic nitrogens is 1. The number of carbonyl (C=O) groups is 3. The molecule has 0 spiro atoms. The number of hydrogen-bond donors (Lipinski definition) is 3. The summed E-state index contributed by atoms with van der Waals surface area (Å²) in [5.41, 5.74) is 2.25. The molecule has 13 heteroatoms. The van der Waals surface area contributed by atoms with Gasteiger partial charge in [0.2, 0.25) is 5.91 Å². The normalized spacial score (nSPS) is 11.7. The van der Waals surface area contributed by atoms with Crippen molar-refractivity contribution < 1.29 is 23.7 Å². The van der Waals surface area contributed by atoms with Gasteiger partial charge in [0.05, 0.1) is 15.9 Å². The molecule has 0 fully saturated rings. The molecule has 236 valence electrons. The van der Waals surface area contributed by atoms with Crippen molar-refractivity contribution in [3.05, 3.63) is 141 Å². The lowest BCUT2D eigenvalue weighted by atomic mass is 10.1. The number of anilines is 2. The number of amides is 3. The van der Waals surface area contributed by atoms with E-state index in [9.17, 15) is 28.9 Å². The number of nitrogens with zero attached hydrogens (tertiary/aromatic N) is 2. The lowest BCUT2D eigenvalue weighted by Gasteiger charge is -2.13. The predicted molar refractivity (Wildman–Crippen MR) is 182 cm³/mol. The summed E-state index contributed by atoms with van der Waals surface area (Å²) in [4.78, 5) is 54.9. The Kier molecular flexibility index (Phi) is 10.5. The number of halogens is 1. The lowest BCUT2D eigenvalue weighted by Crippen LogP contribution is -2.30. The summed E-state index contributed by atoms with van der Waals surface area (Å²) in [7, 11) is 0. The minimum atomic E-state index is -0.602. The Morgan fingerprint density at radius 3 is 2.43 bits per heavy atom. The van der Waals surface area contributed by atoms with Crippen molar-refractivity contribution in [3.63, 3.8) is 0 Å². The predicted octanol–water partition coefficient (Wildman–Crippen LogP) is 7.39. The van der Waals surface area contributed by atoms with Gasteiger partial charge in [-0.25, -0.2) is 9.37 Å². The summed E-state index contributed by atoms with van der Waals surface area (Å²) in [6, 6.07) is 26.9. The highest BCUT2D eigenvalue weighted by Gasteiger charge is 2.19. The van der Waals surface area contributed by atoms with Crippen LogP contribution >= 0.6 is 23.1 Å². The minimum absolute atomic E-state index is 0.0517. The van der Waals surface area contributed by atoms with E-state index in [1.165, 1.54) is 65.6 Å². The molecule has 0 saturated carbocycles. The fraction of sp³-hybridized carbons (Fsp3) is 0.0588. The third kappa shape index (κ3) is 8.96. The maximum Gasteiger partial charge on any atom is 0.272 e. The number of nitrogens with one attached hydrogen (secondary N) is 3. The summed E-state index contributed by atoms with van der Waals surface area (Å²) < 4.78 is 13.5. The first kappa shape index (κ1) is 32.7. The number of nitro groups is 1. The summed E-state index contributed by atoms with van der Waals surface area (Å²) in [6.45, 7) is 1.73. The zero-order chi connectivity index (χ0) is 33.3. The molecule has 5 rings (SSSR count). The van der Waals surface area contributed by atoms with Gasteiger partial charge in [-0.1, -0.05) is 48.5 Å². The topological polar surface area (TPSA) is 143 Å². The average molecular weight is 668 g/mol. The van der Waals surface area contributed by atoms with Crippen LogP contribution in [0.15, 0.2) is 119 Å². The fourth-order valence-corrected chi connectivity index (χ4v) is 5.87. The van der Waals surface area contributed by atoms with Crippen molar-refractivity contribution in [2.24, 2.45) is 0 Å². The Hall–Kier alpha value is -5.66. The first-order chi connectivity index (χ1) is 22.6. The first-order valence-electron chi connectivity index (χ1n) is 14.1. The van der Waals surface area contributed by atoms with Crippen LogP contribution in [-0.4, -0.2) is 32.9 Å². The van der Waals surface area contributed by atoms with E-state index in [4.69, 9.17) is 0 Å². The molecule has 3 N–H and O–H groups in total. The largest absolute Gasteiger partial charge is 0.321 e. The number of thioether (sulfide) groups is 1. The molecule has 10 nitrogen and oxygen atoms in total. The monoisotopic (exact) mass is 667 g/mol. The summed E-state index contributed by atoms with van der Waals surface area (Å²) in [5.74, 6) is -1.83. The molecule has 1 aromatic heterocycles. The quantitative estimate of drug-likeness (QED) is 0.0577. The number of non-ortho nitro benzene ring substituents is 1. The van der Waals surface area contributed by atoms with E-state index in [0.29, 0.717) is 38.1 Å². The van der Waals surface area contributed by atoms with Crippen LogP contribution < -0.4 is 16.0 Å². The summed E-state index contributed by atoms with van der Waals surface area (Å²) >= 11 is 2.46. The van der Waals surface area contributed by atoms with Gasteiger partial charge >= 0.3 is 0 Å². The number of rotatable bonds is 11. The minimum Gasteiger partial charge on any atom is -0.321 e. The Bertz CT molecular complexity index is 1970. The summed E-state index contributed by atoms with van der Waals surface area (Å²) in [5, 5.41) is 20.8. The maximum absolute atomic E-state index is 13.5. The molecule has 5 aromatic rings. The van der Waals surface area contributed by atoms with Gasteiger partial charge in [0.15, 0.2) is 5.13 Å². The highest BCUT2D eigenvalue weighted by molar-refractivity contribution is 8.00. The first-order valence-corrected chi connectivity index (χ1v) is 15.8. The average Bonchev–Trinajstić information content (AvgIpc) is 3.54. The molecule has 1 heterocycles. The molecule has 0 radical (unpaired) electrons. The zero-order valence-electron chi connectivity index (χ0n) is 24.7. The molecule has 3 amide bonds. The number of carbonyl (C=O) groups excluding carboxylic acids is 3. The van der Waals surface area contributed by atoms with Crippen LogP contribution in [-0.2, 0) is 9.59 Å². The highest BCUT2D eigenvalue weighted by Crippen LogP contribution is 2.30. The highest BCUT2D eigenvalue weighted by atomic mass is 32.2. The van der Waals surface area contributed by atoms with E-state index in [0.717, 1.165) is 0 Å². The van der Waals surface area contributed by atoms with Crippen molar-refractivity contribution in [2.75, 3.05) is 10.6 Å². The number of benzene rings is 4. The molecular formula is C34H26FN5O5S2. The van der Waals surface area contributed by atoms with Crippen molar-refractivity contribution in [3.8, 4) is 11.3 Å². The molecule has 0 bridgehead atoms. The second-order valence-corrected chi connectivity index (χ2v) is 12.3. The van der Waals surface area contributed by atoms with Crippen LogP contribution in [0.25, 0.3) is 17.3 Å². The molecule has 4 aromatic carbocycles. The van der Waals surface area contributed by atoms with Crippen molar-refractivity contribution in [1.29, 1.82) is 0 Å². The van der Waals surface area contributed by atoms with E-state index < -0.39 is 27.8 Å². The zero-order valence-corrected chi connectivity index (χ0v) is 26.3. The van der Waals surface area contributed by atoms with E-state index >= 15 is 0 Å². The fourth-order valence-electron chi connectivity index (χ4n) is 4.22. The molecule has 0 aliphatic carbocycles. The van der Waals surface area contributed by atoms with E-state index in [-0.39, 0.29) is 17.3 Å². The Labute approximate surface area is 276 Å². The van der Waals surface area contributed by atoms with Gasteiger partial charge in [0, 0.05) is 39.2 Å². The van der Waals surface area contributed by atoms with Gasteiger partial charge in [-0.3, -0.25) is 24.5 Å². The van der Waals surface area contributed by atoms with E-state index in [1.54, 1.807) is 79.0 Å². The molecule has 0 saturated heterocycles. The maximum atomic E-state index is 13.5. The second kappa shape index (κ2) is 15.1.